The number of pyridine rings is 1. The highest BCUT2D eigenvalue weighted by Gasteiger charge is 2.34. The summed E-state index contributed by atoms with van der Waals surface area (Å²) >= 11 is 0. The maximum atomic E-state index is 11.2. The van der Waals surface area contributed by atoms with Crippen molar-refractivity contribution < 1.29 is 9.90 Å². The first kappa shape index (κ1) is 12.0. The van der Waals surface area contributed by atoms with E-state index in [-0.39, 0.29) is 12.1 Å². The van der Waals surface area contributed by atoms with E-state index in [1.165, 1.54) is 5.56 Å². The van der Waals surface area contributed by atoms with Crippen molar-refractivity contribution in [2.24, 2.45) is 0 Å². The number of likely N-dealkylation sites (tertiary alicyclic amines) is 1. The zero-order chi connectivity index (χ0) is 12.4. The van der Waals surface area contributed by atoms with Gasteiger partial charge in [-0.05, 0) is 50.4 Å². The third-order valence-electron chi connectivity index (χ3n) is 3.59. The molecule has 2 unspecified atom stereocenters. The zero-order valence-corrected chi connectivity index (χ0v) is 10.3. The summed E-state index contributed by atoms with van der Waals surface area (Å²) < 4.78 is 0. The fourth-order valence-electron chi connectivity index (χ4n) is 2.65. The van der Waals surface area contributed by atoms with Crippen molar-refractivity contribution in [1.82, 2.24) is 9.88 Å². The first-order valence-electron chi connectivity index (χ1n) is 6.00. The third-order valence-corrected chi connectivity index (χ3v) is 3.59. The molecule has 17 heavy (non-hydrogen) atoms. The maximum absolute atomic E-state index is 11.2. The average molecular weight is 234 g/mol. The molecule has 2 atom stereocenters. The Morgan fingerprint density at radius 2 is 2.41 bits per heavy atom. The van der Waals surface area contributed by atoms with Gasteiger partial charge in [-0.25, -0.2) is 0 Å². The van der Waals surface area contributed by atoms with Crippen molar-refractivity contribution >= 4 is 5.97 Å². The van der Waals surface area contributed by atoms with Gasteiger partial charge in [-0.2, -0.15) is 0 Å². The third kappa shape index (κ3) is 2.31. The van der Waals surface area contributed by atoms with E-state index < -0.39 is 5.97 Å². The summed E-state index contributed by atoms with van der Waals surface area (Å²) in [4.78, 5) is 17.3. The van der Waals surface area contributed by atoms with Gasteiger partial charge in [-0.1, -0.05) is 0 Å². The van der Waals surface area contributed by atoms with Crippen molar-refractivity contribution in [1.29, 1.82) is 0 Å². The van der Waals surface area contributed by atoms with Gasteiger partial charge in [0.05, 0.1) is 0 Å². The standard InChI is InChI=1S/C13H18N2O2/c1-9-8-14-6-5-11(9)10(2)15-7-3-4-12(15)13(16)17/h5-6,8,10,12H,3-4,7H2,1-2H3,(H,16,17). The van der Waals surface area contributed by atoms with Crippen molar-refractivity contribution in [3.8, 4) is 0 Å². The maximum Gasteiger partial charge on any atom is 0.320 e. The van der Waals surface area contributed by atoms with Crippen LogP contribution in [0, 0.1) is 6.92 Å². The Bertz CT molecular complexity index is 420. The number of carbonyl (C=O) groups is 1. The lowest BCUT2D eigenvalue weighted by atomic mass is 10.0. The Morgan fingerprint density at radius 3 is 3.06 bits per heavy atom. The molecule has 1 aromatic heterocycles. The summed E-state index contributed by atoms with van der Waals surface area (Å²) in [6.45, 7) is 4.95. The van der Waals surface area contributed by atoms with Crippen LogP contribution in [0.5, 0.6) is 0 Å². The minimum atomic E-state index is -0.707. The number of carboxylic acids is 1. The van der Waals surface area contributed by atoms with Gasteiger partial charge >= 0.3 is 5.97 Å². The van der Waals surface area contributed by atoms with Gasteiger partial charge in [0, 0.05) is 18.4 Å². The molecule has 92 valence electrons. The van der Waals surface area contributed by atoms with E-state index in [9.17, 15) is 9.90 Å². The molecule has 0 amide bonds. The molecule has 0 bridgehead atoms. The number of hydrogen-bond donors (Lipinski definition) is 1. The molecule has 2 heterocycles. The first-order chi connectivity index (χ1) is 8.11. The predicted octanol–water partition coefficient (Wildman–Crippen LogP) is 2.00. The molecule has 0 spiro atoms. The SMILES string of the molecule is Cc1cnccc1C(C)N1CCCC1C(=O)O. The number of aromatic nitrogens is 1. The van der Waals surface area contributed by atoms with Crippen molar-refractivity contribution in [2.45, 2.75) is 38.8 Å². The van der Waals surface area contributed by atoms with Crippen molar-refractivity contribution in [2.75, 3.05) is 6.54 Å². The van der Waals surface area contributed by atoms with Crippen LogP contribution in [0.1, 0.15) is 36.9 Å². The molecule has 1 aliphatic heterocycles. The molecule has 1 N–H and O–H groups in total. The van der Waals surface area contributed by atoms with Crippen LogP contribution in [-0.4, -0.2) is 33.5 Å². The molecule has 1 aromatic rings. The van der Waals surface area contributed by atoms with Crippen LogP contribution in [-0.2, 0) is 4.79 Å². The Labute approximate surface area is 101 Å². The normalized spacial score (nSPS) is 22.6. The smallest absolute Gasteiger partial charge is 0.320 e. The van der Waals surface area contributed by atoms with E-state index in [0.717, 1.165) is 24.9 Å². The first-order valence-corrected chi connectivity index (χ1v) is 6.00. The molecule has 1 fully saturated rings. The van der Waals surface area contributed by atoms with Gasteiger partial charge < -0.3 is 5.11 Å². The van der Waals surface area contributed by atoms with Crippen LogP contribution in [0.4, 0.5) is 0 Å². The molecule has 4 heteroatoms. The Hall–Kier alpha value is -1.42. The molecule has 2 rings (SSSR count). The van der Waals surface area contributed by atoms with Gasteiger partial charge in [-0.15, -0.1) is 0 Å². The number of hydrogen-bond acceptors (Lipinski definition) is 3. The van der Waals surface area contributed by atoms with Crippen LogP contribution in [0.25, 0.3) is 0 Å². The molecule has 4 nitrogen and oxygen atoms in total. The Kier molecular flexibility index (Phi) is 3.43. The monoisotopic (exact) mass is 234 g/mol. The molecular formula is C13H18N2O2. The topological polar surface area (TPSA) is 53.4 Å². The van der Waals surface area contributed by atoms with Crippen LogP contribution >= 0.6 is 0 Å². The van der Waals surface area contributed by atoms with E-state index in [1.807, 2.05) is 19.2 Å². The van der Waals surface area contributed by atoms with Gasteiger partial charge in [-0.3, -0.25) is 14.7 Å². The lowest BCUT2D eigenvalue weighted by molar-refractivity contribution is -0.142. The van der Waals surface area contributed by atoms with Crippen LogP contribution < -0.4 is 0 Å². The predicted molar refractivity (Wildman–Crippen MR) is 64.8 cm³/mol. The summed E-state index contributed by atoms with van der Waals surface area (Å²) in [5.74, 6) is -0.707. The molecule has 0 aliphatic carbocycles. The summed E-state index contributed by atoms with van der Waals surface area (Å²) in [5, 5.41) is 9.19. The second kappa shape index (κ2) is 4.84. The molecule has 1 aliphatic rings. The molecule has 0 radical (unpaired) electrons. The Morgan fingerprint density at radius 1 is 1.65 bits per heavy atom. The second-order valence-corrected chi connectivity index (χ2v) is 4.64. The molecule has 1 saturated heterocycles. The minimum absolute atomic E-state index is 0.140. The highest BCUT2D eigenvalue weighted by atomic mass is 16.4. The number of nitrogens with zero attached hydrogens (tertiary/aromatic N) is 2. The molecule has 0 aromatic carbocycles. The summed E-state index contributed by atoms with van der Waals surface area (Å²) in [7, 11) is 0. The van der Waals surface area contributed by atoms with Gasteiger partial charge in [0.15, 0.2) is 0 Å². The van der Waals surface area contributed by atoms with Gasteiger partial charge in [0.25, 0.3) is 0 Å². The highest BCUT2D eigenvalue weighted by Crippen LogP contribution is 2.30. The van der Waals surface area contributed by atoms with E-state index in [0.29, 0.717) is 0 Å². The molecular weight excluding hydrogens is 216 g/mol. The van der Waals surface area contributed by atoms with Crippen LogP contribution in [0.2, 0.25) is 0 Å². The van der Waals surface area contributed by atoms with E-state index >= 15 is 0 Å². The average Bonchev–Trinajstić information content (AvgIpc) is 2.77. The van der Waals surface area contributed by atoms with E-state index in [2.05, 4.69) is 16.8 Å². The second-order valence-electron chi connectivity index (χ2n) is 4.64. The van der Waals surface area contributed by atoms with Gasteiger partial charge in [0.1, 0.15) is 6.04 Å². The van der Waals surface area contributed by atoms with Crippen LogP contribution in [0.3, 0.4) is 0 Å². The van der Waals surface area contributed by atoms with Crippen LogP contribution in [0.15, 0.2) is 18.5 Å². The summed E-state index contributed by atoms with van der Waals surface area (Å²) in [5.41, 5.74) is 2.30. The summed E-state index contributed by atoms with van der Waals surface area (Å²) in [6.07, 6.45) is 5.32. The van der Waals surface area contributed by atoms with Gasteiger partial charge in [0.2, 0.25) is 0 Å². The fourth-order valence-corrected chi connectivity index (χ4v) is 2.65. The number of aryl methyl sites for hydroxylation is 1. The minimum Gasteiger partial charge on any atom is -0.480 e. The highest BCUT2D eigenvalue weighted by molar-refractivity contribution is 5.73. The number of rotatable bonds is 3. The van der Waals surface area contributed by atoms with E-state index in [4.69, 9.17) is 0 Å². The fraction of sp³-hybridized carbons (Fsp3) is 0.538. The van der Waals surface area contributed by atoms with Crippen molar-refractivity contribution in [3.05, 3.63) is 29.6 Å². The molecule has 0 saturated carbocycles. The largest absolute Gasteiger partial charge is 0.480 e. The number of aliphatic carboxylic acids is 1. The number of carboxylic acid groups (broad SMARTS) is 1. The quantitative estimate of drug-likeness (QED) is 0.869. The Balaban J connectivity index is 2.23. The lowest BCUT2D eigenvalue weighted by Gasteiger charge is -2.29. The van der Waals surface area contributed by atoms with E-state index in [1.54, 1.807) is 6.20 Å². The zero-order valence-electron chi connectivity index (χ0n) is 10.3. The van der Waals surface area contributed by atoms with Crippen molar-refractivity contribution in [3.63, 3.8) is 0 Å². The summed E-state index contributed by atoms with van der Waals surface area (Å²) in [6, 6.07) is 1.79. The lowest BCUT2D eigenvalue weighted by Crippen LogP contribution is -2.37.